The fraction of sp³-hybridized carbons (Fsp3) is 0.261. The van der Waals surface area contributed by atoms with Gasteiger partial charge in [-0.05, 0) is 30.5 Å². The first-order valence-corrected chi connectivity index (χ1v) is 11.7. The molecule has 32 heavy (non-hydrogen) atoms. The van der Waals surface area contributed by atoms with Crippen molar-refractivity contribution < 1.29 is 9.59 Å². The van der Waals surface area contributed by atoms with E-state index in [-0.39, 0.29) is 17.6 Å². The number of para-hydroxylation sites is 1. The van der Waals surface area contributed by atoms with E-state index in [9.17, 15) is 9.59 Å². The molecule has 1 aliphatic heterocycles. The Morgan fingerprint density at radius 3 is 2.59 bits per heavy atom. The number of carbonyl (C=O) groups excluding carboxylic acids is 2. The van der Waals surface area contributed by atoms with E-state index < -0.39 is 11.9 Å². The van der Waals surface area contributed by atoms with Crippen LogP contribution in [0.2, 0.25) is 10.0 Å². The average Bonchev–Trinajstić information content (AvgIpc) is 2.73. The molecule has 0 saturated carbocycles. The fourth-order valence-electron chi connectivity index (χ4n) is 3.43. The maximum absolute atomic E-state index is 12.6. The second kappa shape index (κ2) is 10.4. The summed E-state index contributed by atoms with van der Waals surface area (Å²) in [5.41, 5.74) is 8.90. The highest BCUT2D eigenvalue weighted by Gasteiger charge is 2.30. The Morgan fingerprint density at radius 2 is 1.91 bits per heavy atom. The van der Waals surface area contributed by atoms with Gasteiger partial charge in [0, 0.05) is 16.9 Å². The summed E-state index contributed by atoms with van der Waals surface area (Å²) in [6, 6.07) is 12.2. The summed E-state index contributed by atoms with van der Waals surface area (Å²) in [6.07, 6.45) is 0. The number of benzene rings is 2. The molecule has 0 bridgehead atoms. The third kappa shape index (κ3) is 5.46. The number of halogens is 2. The third-order valence-corrected chi connectivity index (χ3v) is 6.68. The number of nitrogens with one attached hydrogen (secondary N) is 2. The first-order valence-electron chi connectivity index (χ1n) is 10.00. The molecular weight excluding hydrogens is 467 g/mol. The van der Waals surface area contributed by atoms with E-state index in [2.05, 4.69) is 29.5 Å². The van der Waals surface area contributed by atoms with Crippen LogP contribution in [0.15, 0.2) is 58.7 Å². The van der Waals surface area contributed by atoms with Crippen LogP contribution in [0.3, 0.4) is 0 Å². The van der Waals surface area contributed by atoms with Crippen molar-refractivity contribution in [2.45, 2.75) is 32.7 Å². The smallest absolute Gasteiger partial charge is 0.248 e. The third-order valence-electron chi connectivity index (χ3n) is 4.96. The molecule has 0 aliphatic carbocycles. The summed E-state index contributed by atoms with van der Waals surface area (Å²) in [6.45, 7) is 5.89. The molecule has 0 aromatic heterocycles. The van der Waals surface area contributed by atoms with Crippen molar-refractivity contribution >= 4 is 57.6 Å². The Hall–Kier alpha value is -2.48. The molecule has 9 heteroatoms. The lowest BCUT2D eigenvalue weighted by molar-refractivity contribution is -0.115. The van der Waals surface area contributed by atoms with E-state index in [0.717, 1.165) is 11.3 Å². The number of rotatable bonds is 6. The van der Waals surface area contributed by atoms with Crippen LogP contribution >= 0.6 is 35.0 Å². The van der Waals surface area contributed by atoms with Gasteiger partial charge in [-0.25, -0.2) is 4.99 Å². The van der Waals surface area contributed by atoms with Crippen molar-refractivity contribution in [3.05, 3.63) is 74.9 Å². The largest absolute Gasteiger partial charge is 0.366 e. The van der Waals surface area contributed by atoms with Gasteiger partial charge in [-0.15, -0.1) is 0 Å². The topological polar surface area (TPSA) is 96.6 Å². The van der Waals surface area contributed by atoms with Crippen LogP contribution in [-0.2, 0) is 9.59 Å². The number of anilines is 1. The van der Waals surface area contributed by atoms with Crippen LogP contribution in [0.5, 0.6) is 0 Å². The van der Waals surface area contributed by atoms with Gasteiger partial charge in [0.05, 0.1) is 21.4 Å². The van der Waals surface area contributed by atoms with E-state index in [0.29, 0.717) is 32.0 Å². The molecule has 168 valence electrons. The SMILES string of the molecule is CC1=C(C(N)=O)[C@H](c2cccc(Cl)c2Cl)N=C(SCC(=O)Nc2ccccc2C(C)C)N1. The van der Waals surface area contributed by atoms with Crippen LogP contribution in [0.1, 0.15) is 43.9 Å². The molecule has 1 aliphatic rings. The molecule has 2 aromatic rings. The van der Waals surface area contributed by atoms with Crippen molar-refractivity contribution in [3.8, 4) is 0 Å². The Balaban J connectivity index is 1.79. The standard InChI is InChI=1S/C23H24Cl2N4O2S/c1-12(2)14-7-4-5-10-17(14)28-18(30)11-32-23-27-13(3)19(22(26)31)21(29-23)15-8-6-9-16(24)20(15)25/h4-10,12,21H,11H2,1-3H3,(H2,26,31)(H,27,29)(H,28,30)/t21-/m0/s1. The molecule has 0 radical (unpaired) electrons. The number of hydrogen-bond acceptors (Lipinski definition) is 5. The number of nitrogens with zero attached hydrogens (tertiary/aromatic N) is 1. The zero-order valence-corrected chi connectivity index (χ0v) is 20.2. The number of nitrogens with two attached hydrogens (primary N) is 1. The normalized spacial score (nSPS) is 15.9. The minimum Gasteiger partial charge on any atom is -0.366 e. The minimum absolute atomic E-state index is 0.132. The number of carbonyl (C=O) groups is 2. The Bertz CT molecular complexity index is 1110. The lowest BCUT2D eigenvalue weighted by atomic mass is 9.96. The summed E-state index contributed by atoms with van der Waals surface area (Å²) in [5.74, 6) is -0.348. The number of thioether (sulfide) groups is 1. The van der Waals surface area contributed by atoms with E-state index >= 15 is 0 Å². The van der Waals surface area contributed by atoms with Gasteiger partial charge in [0.25, 0.3) is 0 Å². The van der Waals surface area contributed by atoms with Gasteiger partial charge >= 0.3 is 0 Å². The van der Waals surface area contributed by atoms with Crippen LogP contribution in [0.25, 0.3) is 0 Å². The van der Waals surface area contributed by atoms with Crippen LogP contribution in [-0.4, -0.2) is 22.7 Å². The van der Waals surface area contributed by atoms with E-state index in [1.165, 1.54) is 11.8 Å². The molecule has 2 aromatic carbocycles. The number of hydrogen-bond donors (Lipinski definition) is 3. The molecule has 4 N–H and O–H groups in total. The monoisotopic (exact) mass is 490 g/mol. The van der Waals surface area contributed by atoms with Crippen LogP contribution in [0, 0.1) is 0 Å². The molecule has 0 saturated heterocycles. The molecule has 6 nitrogen and oxygen atoms in total. The highest BCUT2D eigenvalue weighted by Crippen LogP contribution is 2.38. The lowest BCUT2D eigenvalue weighted by Gasteiger charge is -2.26. The van der Waals surface area contributed by atoms with Gasteiger partial charge in [-0.2, -0.15) is 0 Å². The first-order chi connectivity index (χ1) is 15.2. The number of aliphatic imine (C=N–C) groups is 1. The number of allylic oxidation sites excluding steroid dienone is 1. The van der Waals surface area contributed by atoms with Gasteiger partial charge < -0.3 is 16.4 Å². The zero-order chi connectivity index (χ0) is 23.4. The summed E-state index contributed by atoms with van der Waals surface area (Å²) in [4.78, 5) is 29.3. The molecule has 1 atom stereocenters. The molecular formula is C23H24Cl2N4O2S. The zero-order valence-electron chi connectivity index (χ0n) is 17.9. The van der Waals surface area contributed by atoms with Crippen molar-refractivity contribution in [2.24, 2.45) is 10.7 Å². The molecule has 0 unspecified atom stereocenters. The average molecular weight is 491 g/mol. The van der Waals surface area contributed by atoms with Gasteiger partial charge in [0.1, 0.15) is 6.04 Å². The number of primary amides is 1. The Kier molecular flexibility index (Phi) is 7.87. The summed E-state index contributed by atoms with van der Waals surface area (Å²) in [5, 5.41) is 7.18. The maximum Gasteiger partial charge on any atom is 0.248 e. The molecule has 0 fully saturated rings. The van der Waals surface area contributed by atoms with Crippen molar-refractivity contribution in [1.82, 2.24) is 5.32 Å². The molecule has 3 rings (SSSR count). The van der Waals surface area contributed by atoms with Gasteiger partial charge in [0.15, 0.2) is 5.17 Å². The quantitative estimate of drug-likeness (QED) is 0.514. The second-order valence-electron chi connectivity index (χ2n) is 7.59. The highest BCUT2D eigenvalue weighted by atomic mass is 35.5. The maximum atomic E-state index is 12.6. The predicted octanol–water partition coefficient (Wildman–Crippen LogP) is 5.25. The first kappa shape index (κ1) is 24.2. The minimum atomic E-state index is -0.716. The van der Waals surface area contributed by atoms with Gasteiger partial charge in [0.2, 0.25) is 11.8 Å². The highest BCUT2D eigenvalue weighted by molar-refractivity contribution is 8.14. The lowest BCUT2D eigenvalue weighted by Crippen LogP contribution is -2.33. The Labute approximate surface area is 201 Å². The van der Waals surface area contributed by atoms with Crippen LogP contribution in [0.4, 0.5) is 5.69 Å². The van der Waals surface area contributed by atoms with Gasteiger partial charge in [-0.1, -0.05) is 79.1 Å². The van der Waals surface area contributed by atoms with E-state index in [1.54, 1.807) is 25.1 Å². The predicted molar refractivity (Wildman–Crippen MR) is 133 cm³/mol. The van der Waals surface area contributed by atoms with Crippen molar-refractivity contribution in [3.63, 3.8) is 0 Å². The summed E-state index contributed by atoms with van der Waals surface area (Å²) < 4.78 is 0. The van der Waals surface area contributed by atoms with Gasteiger partial charge in [-0.3, -0.25) is 9.59 Å². The summed E-state index contributed by atoms with van der Waals surface area (Å²) in [7, 11) is 0. The molecule has 2 amide bonds. The molecule has 0 spiro atoms. The second-order valence-corrected chi connectivity index (χ2v) is 9.34. The number of amides is 2. The van der Waals surface area contributed by atoms with Crippen molar-refractivity contribution in [2.75, 3.05) is 11.1 Å². The Morgan fingerprint density at radius 1 is 1.19 bits per heavy atom. The fourth-order valence-corrected chi connectivity index (χ4v) is 4.59. The van der Waals surface area contributed by atoms with Crippen molar-refractivity contribution in [1.29, 1.82) is 0 Å². The number of amidine groups is 1. The van der Waals surface area contributed by atoms with Crippen LogP contribution < -0.4 is 16.4 Å². The summed E-state index contributed by atoms with van der Waals surface area (Å²) >= 11 is 13.8. The van der Waals surface area contributed by atoms with E-state index in [1.807, 2.05) is 24.3 Å². The molecule has 1 heterocycles. The van der Waals surface area contributed by atoms with E-state index in [4.69, 9.17) is 28.9 Å².